The second-order valence-electron chi connectivity index (χ2n) is 3.76. The van der Waals surface area contributed by atoms with Crippen LogP contribution in [0, 0.1) is 0 Å². The van der Waals surface area contributed by atoms with Crippen LogP contribution < -0.4 is 0 Å². The van der Waals surface area contributed by atoms with Crippen molar-refractivity contribution in [2.45, 2.75) is 0 Å². The van der Waals surface area contributed by atoms with Crippen molar-refractivity contribution in [2.75, 3.05) is 0 Å². The summed E-state index contributed by atoms with van der Waals surface area (Å²) in [4.78, 5) is 41.0. The maximum Gasteiger partial charge on any atom is 0.354 e. The number of aromatic nitrogens is 2. The zero-order valence-corrected chi connectivity index (χ0v) is 9.98. The van der Waals surface area contributed by atoms with Crippen molar-refractivity contribution in [2.24, 2.45) is 0 Å². The van der Waals surface area contributed by atoms with Crippen LogP contribution in [0.3, 0.4) is 0 Å². The van der Waals surface area contributed by atoms with Gasteiger partial charge in [-0.2, -0.15) is 0 Å². The molecule has 0 bridgehead atoms. The van der Waals surface area contributed by atoms with E-state index >= 15 is 0 Å². The summed E-state index contributed by atoms with van der Waals surface area (Å²) in [6.45, 7) is 0. The van der Waals surface area contributed by atoms with Crippen LogP contribution in [0.15, 0.2) is 36.4 Å². The highest BCUT2D eigenvalue weighted by Crippen LogP contribution is 2.08. The topological polar surface area (TPSA) is 117 Å². The van der Waals surface area contributed by atoms with E-state index in [-0.39, 0.29) is 22.8 Å². The van der Waals surface area contributed by atoms with Gasteiger partial charge < -0.3 is 10.2 Å². The Balaban J connectivity index is 2.41. The van der Waals surface area contributed by atoms with Gasteiger partial charge in [0.25, 0.3) is 0 Å². The third kappa shape index (κ3) is 2.66. The molecule has 2 aromatic rings. The molecule has 0 saturated heterocycles. The summed E-state index contributed by atoms with van der Waals surface area (Å²) in [7, 11) is 0. The van der Waals surface area contributed by atoms with Gasteiger partial charge in [0.15, 0.2) is 0 Å². The number of pyridine rings is 2. The van der Waals surface area contributed by atoms with Crippen molar-refractivity contribution in [3.05, 3.63) is 59.2 Å². The number of carboxylic acids is 2. The molecule has 0 spiro atoms. The first-order valence-corrected chi connectivity index (χ1v) is 5.44. The molecule has 2 N–H and O–H groups in total. The fourth-order valence-corrected chi connectivity index (χ4v) is 1.49. The van der Waals surface area contributed by atoms with Gasteiger partial charge in [0.2, 0.25) is 5.78 Å². The molecule has 0 aliphatic rings. The highest BCUT2D eigenvalue weighted by molar-refractivity contribution is 6.07. The van der Waals surface area contributed by atoms with Crippen molar-refractivity contribution in [1.82, 2.24) is 9.97 Å². The number of carbonyl (C=O) groups is 3. The largest absolute Gasteiger partial charge is 0.477 e. The van der Waals surface area contributed by atoms with Gasteiger partial charge in [-0.25, -0.2) is 19.6 Å². The molecule has 7 nitrogen and oxygen atoms in total. The fraction of sp³-hybridized carbons (Fsp3) is 0. The van der Waals surface area contributed by atoms with Crippen LogP contribution in [0.25, 0.3) is 0 Å². The molecular weight excluding hydrogens is 264 g/mol. The first kappa shape index (κ1) is 13.3. The summed E-state index contributed by atoms with van der Waals surface area (Å²) in [5.41, 5.74) is -0.768. The molecule has 0 saturated carbocycles. The van der Waals surface area contributed by atoms with Crippen molar-refractivity contribution in [3.63, 3.8) is 0 Å². The molecule has 0 atom stereocenters. The van der Waals surface area contributed by atoms with E-state index < -0.39 is 17.7 Å². The van der Waals surface area contributed by atoms with Gasteiger partial charge >= 0.3 is 11.9 Å². The molecule has 2 aromatic heterocycles. The third-order valence-electron chi connectivity index (χ3n) is 2.40. The second-order valence-corrected chi connectivity index (χ2v) is 3.76. The van der Waals surface area contributed by atoms with Crippen molar-refractivity contribution in [3.8, 4) is 0 Å². The van der Waals surface area contributed by atoms with Crippen LogP contribution in [0.2, 0.25) is 0 Å². The number of hydrogen-bond acceptors (Lipinski definition) is 5. The molecule has 0 amide bonds. The first-order chi connectivity index (χ1) is 9.49. The Morgan fingerprint density at radius 1 is 0.700 bits per heavy atom. The van der Waals surface area contributed by atoms with Crippen LogP contribution in [0.4, 0.5) is 0 Å². The number of carboxylic acid groups (broad SMARTS) is 2. The lowest BCUT2D eigenvalue weighted by molar-refractivity contribution is 0.0680. The van der Waals surface area contributed by atoms with E-state index in [2.05, 4.69) is 9.97 Å². The van der Waals surface area contributed by atoms with Gasteiger partial charge in [-0.05, 0) is 24.3 Å². The zero-order chi connectivity index (χ0) is 14.7. The van der Waals surface area contributed by atoms with Crippen LogP contribution in [0.1, 0.15) is 37.2 Å². The molecule has 0 aliphatic heterocycles. The number of nitrogens with zero attached hydrogens (tertiary/aromatic N) is 2. The Morgan fingerprint density at radius 2 is 1.05 bits per heavy atom. The molecule has 2 heterocycles. The maximum atomic E-state index is 12.1. The second kappa shape index (κ2) is 5.27. The number of rotatable bonds is 4. The number of ketones is 1. The highest BCUT2D eigenvalue weighted by Gasteiger charge is 2.16. The minimum Gasteiger partial charge on any atom is -0.477 e. The monoisotopic (exact) mass is 272 g/mol. The average molecular weight is 272 g/mol. The quantitative estimate of drug-likeness (QED) is 0.800. The Hall–Kier alpha value is -3.09. The third-order valence-corrected chi connectivity index (χ3v) is 2.40. The Bertz CT molecular complexity index is 652. The zero-order valence-electron chi connectivity index (χ0n) is 9.98. The number of hydrogen-bond donors (Lipinski definition) is 2. The van der Waals surface area contributed by atoms with E-state index in [1.807, 2.05) is 0 Å². The van der Waals surface area contributed by atoms with E-state index in [0.29, 0.717) is 0 Å². The average Bonchev–Trinajstić information content (AvgIpc) is 2.46. The summed E-state index contributed by atoms with van der Waals surface area (Å²) in [6, 6.07) is 7.93. The lowest BCUT2D eigenvalue weighted by Crippen LogP contribution is -2.12. The molecule has 2 rings (SSSR count). The smallest absolute Gasteiger partial charge is 0.354 e. The van der Waals surface area contributed by atoms with E-state index in [0.717, 1.165) is 0 Å². The molecule has 0 aliphatic carbocycles. The van der Waals surface area contributed by atoms with Gasteiger partial charge in [0.05, 0.1) is 0 Å². The Morgan fingerprint density at radius 3 is 1.40 bits per heavy atom. The van der Waals surface area contributed by atoms with Crippen LogP contribution in [-0.2, 0) is 0 Å². The lowest BCUT2D eigenvalue weighted by atomic mass is 10.1. The van der Waals surface area contributed by atoms with Gasteiger partial charge in [-0.1, -0.05) is 12.1 Å². The number of aromatic carboxylic acids is 2. The van der Waals surface area contributed by atoms with Crippen molar-refractivity contribution < 1.29 is 24.6 Å². The molecule has 20 heavy (non-hydrogen) atoms. The minimum atomic E-state index is -1.26. The molecule has 0 unspecified atom stereocenters. The molecule has 0 aromatic carbocycles. The first-order valence-electron chi connectivity index (χ1n) is 5.44. The van der Waals surface area contributed by atoms with E-state index in [1.54, 1.807) is 0 Å². The molecule has 0 fully saturated rings. The van der Waals surface area contributed by atoms with E-state index in [4.69, 9.17) is 10.2 Å². The SMILES string of the molecule is O=C(O)c1cccc(C(=O)c2cccc(C(=O)O)n2)n1. The Labute approximate surface area is 112 Å². The lowest BCUT2D eigenvalue weighted by Gasteiger charge is -2.02. The fourth-order valence-electron chi connectivity index (χ4n) is 1.49. The van der Waals surface area contributed by atoms with Crippen molar-refractivity contribution >= 4 is 17.7 Å². The maximum absolute atomic E-state index is 12.1. The number of carbonyl (C=O) groups excluding carboxylic acids is 1. The van der Waals surface area contributed by atoms with Gasteiger partial charge in [0, 0.05) is 0 Å². The predicted molar refractivity (Wildman–Crippen MR) is 65.8 cm³/mol. The molecular formula is C13H8N2O5. The highest BCUT2D eigenvalue weighted by atomic mass is 16.4. The summed E-state index contributed by atoms with van der Waals surface area (Å²) >= 11 is 0. The van der Waals surface area contributed by atoms with Crippen LogP contribution in [0.5, 0.6) is 0 Å². The molecule has 7 heteroatoms. The minimum absolute atomic E-state index is 0.111. The predicted octanol–water partition coefficient (Wildman–Crippen LogP) is 1.10. The van der Waals surface area contributed by atoms with Crippen molar-refractivity contribution in [1.29, 1.82) is 0 Å². The van der Waals surface area contributed by atoms with Crippen LogP contribution in [-0.4, -0.2) is 37.9 Å². The molecule has 100 valence electrons. The van der Waals surface area contributed by atoms with Gasteiger partial charge in [-0.3, -0.25) is 4.79 Å². The van der Waals surface area contributed by atoms with E-state index in [9.17, 15) is 14.4 Å². The normalized spacial score (nSPS) is 10.0. The van der Waals surface area contributed by atoms with Crippen LogP contribution >= 0.6 is 0 Å². The van der Waals surface area contributed by atoms with E-state index in [1.165, 1.54) is 36.4 Å². The van der Waals surface area contributed by atoms with Gasteiger partial charge in [-0.15, -0.1) is 0 Å². The standard InChI is InChI=1S/C13H8N2O5/c16-11(7-3-1-5-9(14-7)12(17)18)8-4-2-6-10(15-8)13(19)20/h1-6H,(H,17,18)(H,19,20). The molecule has 0 radical (unpaired) electrons. The van der Waals surface area contributed by atoms with Gasteiger partial charge in [0.1, 0.15) is 22.8 Å². The summed E-state index contributed by atoms with van der Waals surface area (Å²) in [6.07, 6.45) is 0. The Kier molecular flexibility index (Phi) is 3.52. The summed E-state index contributed by atoms with van der Waals surface area (Å²) in [5, 5.41) is 17.6. The summed E-state index contributed by atoms with van der Waals surface area (Å²) in [5.74, 6) is -3.16. The summed E-state index contributed by atoms with van der Waals surface area (Å²) < 4.78 is 0.